The highest BCUT2D eigenvalue weighted by Crippen LogP contribution is 2.23. The molecule has 0 radical (unpaired) electrons. The van der Waals surface area contributed by atoms with Gasteiger partial charge in [-0.15, -0.1) is 0 Å². The second kappa shape index (κ2) is 6.88. The first kappa shape index (κ1) is 15.0. The lowest BCUT2D eigenvalue weighted by molar-refractivity contribution is 0.244. The predicted molar refractivity (Wildman–Crippen MR) is 89.9 cm³/mol. The minimum absolute atomic E-state index is 0.0376. The number of aromatic nitrogens is 1. The fourth-order valence-corrected chi connectivity index (χ4v) is 2.82. The molecule has 3 rings (SSSR count). The number of aliphatic hydroxyl groups is 1. The molecular formula is C18H17ClN2O. The Hall–Kier alpha value is -1.94. The summed E-state index contributed by atoms with van der Waals surface area (Å²) >= 11 is 6.19. The molecule has 0 fully saturated rings. The molecule has 0 amide bonds. The van der Waals surface area contributed by atoms with Crippen molar-refractivity contribution in [2.75, 3.05) is 6.61 Å². The van der Waals surface area contributed by atoms with Gasteiger partial charge in [0.05, 0.1) is 18.2 Å². The molecule has 0 saturated heterocycles. The molecule has 112 valence electrons. The highest BCUT2D eigenvalue weighted by atomic mass is 35.5. The molecule has 0 aliphatic carbocycles. The lowest BCUT2D eigenvalue weighted by Crippen LogP contribution is -2.24. The van der Waals surface area contributed by atoms with E-state index >= 15 is 0 Å². The number of nitrogens with one attached hydrogen (secondary N) is 1. The fraction of sp³-hybridized carbons (Fsp3) is 0.167. The summed E-state index contributed by atoms with van der Waals surface area (Å²) in [7, 11) is 0. The van der Waals surface area contributed by atoms with E-state index in [2.05, 4.69) is 10.3 Å². The molecule has 1 atom stereocenters. The predicted octanol–water partition coefficient (Wildman–Crippen LogP) is 3.71. The van der Waals surface area contributed by atoms with Gasteiger partial charge < -0.3 is 10.4 Å². The Balaban J connectivity index is 1.84. The third-order valence-electron chi connectivity index (χ3n) is 3.67. The van der Waals surface area contributed by atoms with E-state index in [-0.39, 0.29) is 12.6 Å². The number of hydrogen-bond donors (Lipinski definition) is 2. The lowest BCUT2D eigenvalue weighted by atomic mass is 10.1. The summed E-state index contributed by atoms with van der Waals surface area (Å²) in [4.78, 5) is 4.44. The van der Waals surface area contributed by atoms with Crippen LogP contribution in [-0.2, 0) is 6.54 Å². The maximum atomic E-state index is 9.62. The molecule has 2 aromatic carbocycles. The van der Waals surface area contributed by atoms with Gasteiger partial charge >= 0.3 is 0 Å². The van der Waals surface area contributed by atoms with Crippen LogP contribution in [0, 0.1) is 0 Å². The molecule has 3 nitrogen and oxygen atoms in total. The molecule has 0 unspecified atom stereocenters. The lowest BCUT2D eigenvalue weighted by Gasteiger charge is -2.17. The number of halogens is 1. The van der Waals surface area contributed by atoms with Crippen LogP contribution in [-0.4, -0.2) is 16.7 Å². The van der Waals surface area contributed by atoms with Gasteiger partial charge in [-0.3, -0.25) is 4.98 Å². The maximum Gasteiger partial charge on any atom is 0.0747 e. The Morgan fingerprint density at radius 2 is 1.91 bits per heavy atom. The molecule has 0 aliphatic rings. The Morgan fingerprint density at radius 3 is 2.68 bits per heavy atom. The van der Waals surface area contributed by atoms with Crippen molar-refractivity contribution in [3.05, 3.63) is 76.9 Å². The van der Waals surface area contributed by atoms with Crippen molar-refractivity contribution in [1.82, 2.24) is 10.3 Å². The second-order valence-electron chi connectivity index (χ2n) is 5.17. The van der Waals surface area contributed by atoms with Crippen LogP contribution in [0.15, 0.2) is 60.8 Å². The van der Waals surface area contributed by atoms with Crippen molar-refractivity contribution in [2.24, 2.45) is 0 Å². The summed E-state index contributed by atoms with van der Waals surface area (Å²) in [5.74, 6) is 0. The Bertz CT molecular complexity index is 761. The van der Waals surface area contributed by atoms with E-state index in [1.165, 1.54) is 0 Å². The van der Waals surface area contributed by atoms with Crippen LogP contribution in [0.1, 0.15) is 17.2 Å². The zero-order chi connectivity index (χ0) is 15.4. The van der Waals surface area contributed by atoms with Crippen LogP contribution in [0.2, 0.25) is 5.02 Å². The number of pyridine rings is 1. The fourth-order valence-electron chi connectivity index (χ4n) is 2.57. The number of benzene rings is 2. The first-order valence-electron chi connectivity index (χ1n) is 7.20. The van der Waals surface area contributed by atoms with Crippen molar-refractivity contribution < 1.29 is 5.11 Å². The molecule has 1 aromatic heterocycles. The number of aliphatic hydroxyl groups excluding tert-OH is 1. The van der Waals surface area contributed by atoms with E-state index < -0.39 is 0 Å². The molecule has 22 heavy (non-hydrogen) atoms. The summed E-state index contributed by atoms with van der Waals surface area (Å²) in [6.07, 6.45) is 1.78. The molecule has 0 saturated carbocycles. The monoisotopic (exact) mass is 312 g/mol. The highest BCUT2D eigenvalue weighted by molar-refractivity contribution is 6.31. The second-order valence-corrected chi connectivity index (χ2v) is 5.60. The van der Waals surface area contributed by atoms with Gasteiger partial charge in [0, 0.05) is 23.2 Å². The average molecular weight is 313 g/mol. The molecular weight excluding hydrogens is 296 g/mol. The van der Waals surface area contributed by atoms with Crippen LogP contribution in [0.5, 0.6) is 0 Å². The van der Waals surface area contributed by atoms with Crippen molar-refractivity contribution in [3.63, 3.8) is 0 Å². The van der Waals surface area contributed by atoms with Crippen molar-refractivity contribution >= 4 is 22.5 Å². The van der Waals surface area contributed by atoms with Gasteiger partial charge in [-0.25, -0.2) is 0 Å². The Morgan fingerprint density at radius 1 is 1.09 bits per heavy atom. The number of fused-ring (bicyclic) bond motifs is 1. The largest absolute Gasteiger partial charge is 0.394 e. The minimum atomic E-state index is -0.112. The van der Waals surface area contributed by atoms with E-state index in [9.17, 15) is 5.11 Å². The van der Waals surface area contributed by atoms with E-state index in [4.69, 9.17) is 11.6 Å². The van der Waals surface area contributed by atoms with Crippen LogP contribution >= 0.6 is 11.6 Å². The summed E-state index contributed by atoms with van der Waals surface area (Å²) in [6.45, 7) is 0.629. The van der Waals surface area contributed by atoms with Gasteiger partial charge in [0.25, 0.3) is 0 Å². The van der Waals surface area contributed by atoms with E-state index in [0.717, 1.165) is 22.0 Å². The Labute approximate surface area is 134 Å². The van der Waals surface area contributed by atoms with Gasteiger partial charge in [0.15, 0.2) is 0 Å². The van der Waals surface area contributed by atoms with Crippen LogP contribution in [0.3, 0.4) is 0 Å². The van der Waals surface area contributed by atoms with Gasteiger partial charge in [0.1, 0.15) is 0 Å². The third kappa shape index (κ3) is 3.28. The van der Waals surface area contributed by atoms with E-state index in [1.54, 1.807) is 6.20 Å². The Kier molecular flexibility index (Phi) is 4.68. The van der Waals surface area contributed by atoms with Crippen LogP contribution in [0.4, 0.5) is 0 Å². The molecule has 2 N–H and O–H groups in total. The minimum Gasteiger partial charge on any atom is -0.394 e. The van der Waals surface area contributed by atoms with E-state index in [0.29, 0.717) is 11.6 Å². The van der Waals surface area contributed by atoms with Crippen LogP contribution < -0.4 is 5.32 Å². The van der Waals surface area contributed by atoms with Gasteiger partial charge in [-0.1, -0.05) is 48.0 Å². The first-order chi connectivity index (χ1) is 10.8. The van der Waals surface area contributed by atoms with Crippen molar-refractivity contribution in [1.29, 1.82) is 0 Å². The highest BCUT2D eigenvalue weighted by Gasteiger charge is 2.11. The average Bonchev–Trinajstić information content (AvgIpc) is 2.56. The standard InChI is InChI=1S/C18H17ClN2O/c19-16-9-14-7-4-8-20-18(14)15(10-16)11-21-17(12-22)13-5-2-1-3-6-13/h1-10,17,21-22H,11-12H2/t17-/m1/s1. The van der Waals surface area contributed by atoms with Gasteiger partial charge in [0.2, 0.25) is 0 Å². The van der Waals surface area contributed by atoms with E-state index in [1.807, 2.05) is 54.6 Å². The summed E-state index contributed by atoms with van der Waals surface area (Å²) in [5.41, 5.74) is 3.02. The SMILES string of the molecule is OC[C@@H](NCc1cc(Cl)cc2cccnc12)c1ccccc1. The number of nitrogens with zero attached hydrogens (tertiary/aromatic N) is 1. The number of rotatable bonds is 5. The number of hydrogen-bond acceptors (Lipinski definition) is 3. The van der Waals surface area contributed by atoms with Crippen LogP contribution in [0.25, 0.3) is 10.9 Å². The maximum absolute atomic E-state index is 9.62. The first-order valence-corrected chi connectivity index (χ1v) is 7.58. The van der Waals surface area contributed by atoms with Crippen molar-refractivity contribution in [3.8, 4) is 0 Å². The third-order valence-corrected chi connectivity index (χ3v) is 3.89. The zero-order valence-electron chi connectivity index (χ0n) is 12.0. The summed E-state index contributed by atoms with van der Waals surface area (Å²) in [5, 5.41) is 14.7. The normalized spacial score (nSPS) is 12.5. The summed E-state index contributed by atoms with van der Waals surface area (Å²) in [6, 6.07) is 17.5. The quantitative estimate of drug-likeness (QED) is 0.755. The van der Waals surface area contributed by atoms with Gasteiger partial charge in [-0.05, 0) is 29.3 Å². The molecule has 0 aliphatic heterocycles. The molecule has 1 heterocycles. The molecule has 3 aromatic rings. The smallest absolute Gasteiger partial charge is 0.0747 e. The van der Waals surface area contributed by atoms with Crippen molar-refractivity contribution in [2.45, 2.75) is 12.6 Å². The topological polar surface area (TPSA) is 45.1 Å². The molecule has 0 bridgehead atoms. The molecule has 4 heteroatoms. The molecule has 0 spiro atoms. The van der Waals surface area contributed by atoms with Gasteiger partial charge in [-0.2, -0.15) is 0 Å². The zero-order valence-corrected chi connectivity index (χ0v) is 12.8. The summed E-state index contributed by atoms with van der Waals surface area (Å²) < 4.78 is 0.